The van der Waals surface area contributed by atoms with Gasteiger partial charge in [0.1, 0.15) is 9.84 Å². The number of rotatable bonds is 6. The first-order chi connectivity index (χ1) is 8.54. The van der Waals surface area contributed by atoms with E-state index in [4.69, 9.17) is 4.74 Å². The van der Waals surface area contributed by atoms with E-state index in [1.165, 1.54) is 0 Å². The molecule has 4 heteroatoms. The van der Waals surface area contributed by atoms with Gasteiger partial charge in [0.2, 0.25) is 0 Å². The third-order valence-electron chi connectivity index (χ3n) is 4.06. The van der Waals surface area contributed by atoms with E-state index in [0.29, 0.717) is 11.5 Å². The van der Waals surface area contributed by atoms with Crippen LogP contribution in [0.3, 0.4) is 0 Å². The molecule has 0 N–H and O–H groups in total. The maximum absolute atomic E-state index is 11.7. The van der Waals surface area contributed by atoms with Gasteiger partial charge in [-0.1, -0.05) is 19.4 Å². The number of sulfone groups is 1. The lowest BCUT2D eigenvalue weighted by Crippen LogP contribution is -2.21. The van der Waals surface area contributed by atoms with Crippen LogP contribution in [0.2, 0.25) is 0 Å². The van der Waals surface area contributed by atoms with Gasteiger partial charge in [-0.25, -0.2) is 8.42 Å². The summed E-state index contributed by atoms with van der Waals surface area (Å²) in [7, 11) is -2.78. The quantitative estimate of drug-likeness (QED) is 0.551. The first-order valence-corrected chi connectivity index (χ1v) is 8.79. The molecule has 0 bridgehead atoms. The molecule has 1 atom stereocenters. The van der Waals surface area contributed by atoms with E-state index in [1.807, 2.05) is 13.0 Å². The molecule has 1 fully saturated rings. The van der Waals surface area contributed by atoms with E-state index >= 15 is 0 Å². The molecule has 106 valence electrons. The zero-order valence-electron chi connectivity index (χ0n) is 11.7. The molecule has 3 nitrogen and oxygen atoms in total. The topological polar surface area (TPSA) is 43.4 Å². The standard InChI is InChI=1S/C14H26O3S/c1-3-10-17-11-5-7-14(4-2)8-6-12-18(15,16)13-9-14/h3,10H,4-9,11-13H2,1-2H3/b10-3+. The lowest BCUT2D eigenvalue weighted by atomic mass is 9.75. The van der Waals surface area contributed by atoms with Crippen molar-refractivity contribution in [3.63, 3.8) is 0 Å². The van der Waals surface area contributed by atoms with Gasteiger partial charge in [-0.05, 0) is 44.4 Å². The number of ether oxygens (including phenoxy) is 1. The summed E-state index contributed by atoms with van der Waals surface area (Å²) >= 11 is 0. The summed E-state index contributed by atoms with van der Waals surface area (Å²) in [5.74, 6) is 0.750. The molecule has 18 heavy (non-hydrogen) atoms. The Bertz CT molecular complexity index is 359. The van der Waals surface area contributed by atoms with Crippen molar-refractivity contribution in [2.45, 2.75) is 52.4 Å². The number of allylic oxidation sites excluding steroid dienone is 1. The van der Waals surface area contributed by atoms with Crippen molar-refractivity contribution in [1.82, 2.24) is 0 Å². The highest BCUT2D eigenvalue weighted by Crippen LogP contribution is 2.39. The molecule has 1 heterocycles. The predicted octanol–water partition coefficient (Wildman–Crippen LogP) is 3.31. The normalized spacial score (nSPS) is 28.1. The Kier molecular flexibility index (Phi) is 6.19. The summed E-state index contributed by atoms with van der Waals surface area (Å²) in [6, 6.07) is 0. The Morgan fingerprint density at radius 3 is 2.72 bits per heavy atom. The fourth-order valence-electron chi connectivity index (χ4n) is 2.74. The van der Waals surface area contributed by atoms with Crippen molar-refractivity contribution in [3.8, 4) is 0 Å². The second-order valence-electron chi connectivity index (χ2n) is 5.30. The van der Waals surface area contributed by atoms with E-state index in [-0.39, 0.29) is 5.41 Å². The Balaban J connectivity index is 2.46. The van der Waals surface area contributed by atoms with Gasteiger partial charge in [0.05, 0.1) is 24.4 Å². The van der Waals surface area contributed by atoms with Crippen molar-refractivity contribution in [3.05, 3.63) is 12.3 Å². The molecule has 0 aromatic heterocycles. The summed E-state index contributed by atoms with van der Waals surface area (Å²) in [6.45, 7) is 4.85. The van der Waals surface area contributed by atoms with Gasteiger partial charge < -0.3 is 4.74 Å². The van der Waals surface area contributed by atoms with E-state index < -0.39 is 9.84 Å². The first kappa shape index (κ1) is 15.5. The van der Waals surface area contributed by atoms with Crippen molar-refractivity contribution in [2.75, 3.05) is 18.1 Å². The summed E-state index contributed by atoms with van der Waals surface area (Å²) in [4.78, 5) is 0. The molecule has 0 aromatic rings. The number of hydrogen-bond acceptors (Lipinski definition) is 3. The SMILES string of the molecule is C/C=C/OCCCC1(CC)CCCS(=O)(=O)CC1. The number of hydrogen-bond donors (Lipinski definition) is 0. The van der Waals surface area contributed by atoms with Crippen LogP contribution in [0.4, 0.5) is 0 Å². The van der Waals surface area contributed by atoms with Crippen LogP contribution in [0.25, 0.3) is 0 Å². The average molecular weight is 274 g/mol. The van der Waals surface area contributed by atoms with Crippen LogP contribution in [0.5, 0.6) is 0 Å². The maximum Gasteiger partial charge on any atom is 0.150 e. The molecule has 1 aliphatic rings. The van der Waals surface area contributed by atoms with Crippen molar-refractivity contribution in [1.29, 1.82) is 0 Å². The third kappa shape index (κ3) is 5.01. The van der Waals surface area contributed by atoms with Gasteiger partial charge in [0, 0.05) is 0 Å². The maximum atomic E-state index is 11.7. The molecule has 0 spiro atoms. The van der Waals surface area contributed by atoms with Gasteiger partial charge in [-0.2, -0.15) is 0 Å². The van der Waals surface area contributed by atoms with E-state index in [0.717, 1.165) is 45.1 Å². The second kappa shape index (κ2) is 7.17. The van der Waals surface area contributed by atoms with Gasteiger partial charge in [0.25, 0.3) is 0 Å². The molecule has 1 rings (SSSR count). The van der Waals surface area contributed by atoms with Gasteiger partial charge in [0.15, 0.2) is 0 Å². The summed E-state index contributed by atoms with van der Waals surface area (Å²) in [5.41, 5.74) is 0.225. The van der Waals surface area contributed by atoms with E-state index in [9.17, 15) is 8.42 Å². The minimum atomic E-state index is -2.78. The molecule has 0 aliphatic carbocycles. The molecule has 0 amide bonds. The third-order valence-corrected chi connectivity index (χ3v) is 5.79. The van der Waals surface area contributed by atoms with Gasteiger partial charge >= 0.3 is 0 Å². The van der Waals surface area contributed by atoms with E-state index in [2.05, 4.69) is 6.92 Å². The smallest absolute Gasteiger partial charge is 0.150 e. The Labute approximate surface area is 112 Å². The minimum Gasteiger partial charge on any atom is -0.502 e. The zero-order chi connectivity index (χ0) is 13.5. The van der Waals surface area contributed by atoms with Gasteiger partial charge in [-0.3, -0.25) is 0 Å². The van der Waals surface area contributed by atoms with Crippen molar-refractivity contribution < 1.29 is 13.2 Å². The van der Waals surface area contributed by atoms with Gasteiger partial charge in [-0.15, -0.1) is 0 Å². The van der Waals surface area contributed by atoms with Crippen molar-refractivity contribution >= 4 is 9.84 Å². The average Bonchev–Trinajstić information content (AvgIpc) is 2.49. The fourth-order valence-corrected chi connectivity index (χ4v) is 4.27. The van der Waals surface area contributed by atoms with Crippen molar-refractivity contribution in [2.24, 2.45) is 5.41 Å². The first-order valence-electron chi connectivity index (χ1n) is 6.97. The monoisotopic (exact) mass is 274 g/mol. The highest BCUT2D eigenvalue weighted by atomic mass is 32.2. The summed E-state index contributed by atoms with van der Waals surface area (Å²) < 4.78 is 28.6. The van der Waals surface area contributed by atoms with Crippen LogP contribution >= 0.6 is 0 Å². The molecule has 0 saturated carbocycles. The molecule has 0 radical (unpaired) electrons. The van der Waals surface area contributed by atoms with Crippen LogP contribution in [0, 0.1) is 5.41 Å². The largest absolute Gasteiger partial charge is 0.502 e. The minimum absolute atomic E-state index is 0.225. The lowest BCUT2D eigenvalue weighted by molar-refractivity contribution is 0.175. The molecule has 1 unspecified atom stereocenters. The Morgan fingerprint density at radius 1 is 1.28 bits per heavy atom. The molecule has 0 aromatic carbocycles. The van der Waals surface area contributed by atoms with E-state index in [1.54, 1.807) is 6.26 Å². The summed E-state index contributed by atoms with van der Waals surface area (Å²) in [5, 5.41) is 0. The molecular formula is C14H26O3S. The van der Waals surface area contributed by atoms with Crippen LogP contribution in [0.15, 0.2) is 12.3 Å². The van der Waals surface area contributed by atoms with Crippen LogP contribution in [-0.4, -0.2) is 26.5 Å². The molecule has 1 saturated heterocycles. The lowest BCUT2D eigenvalue weighted by Gasteiger charge is -2.31. The fraction of sp³-hybridized carbons (Fsp3) is 0.857. The molecule has 1 aliphatic heterocycles. The zero-order valence-corrected chi connectivity index (χ0v) is 12.5. The van der Waals surface area contributed by atoms with Crippen LogP contribution < -0.4 is 0 Å². The predicted molar refractivity (Wildman–Crippen MR) is 75.2 cm³/mol. The van der Waals surface area contributed by atoms with Crippen LogP contribution in [-0.2, 0) is 14.6 Å². The Hall–Kier alpha value is -0.510. The summed E-state index contributed by atoms with van der Waals surface area (Å²) in [6.07, 6.45) is 9.47. The highest BCUT2D eigenvalue weighted by molar-refractivity contribution is 7.91. The molecular weight excluding hydrogens is 248 g/mol. The Morgan fingerprint density at radius 2 is 2.06 bits per heavy atom. The second-order valence-corrected chi connectivity index (χ2v) is 7.61. The van der Waals surface area contributed by atoms with Crippen LogP contribution in [0.1, 0.15) is 52.4 Å². The highest BCUT2D eigenvalue weighted by Gasteiger charge is 2.32.